The summed E-state index contributed by atoms with van der Waals surface area (Å²) in [6.45, 7) is 0. The molecule has 0 atom stereocenters. The predicted octanol–water partition coefficient (Wildman–Crippen LogP) is 3.06. The van der Waals surface area contributed by atoms with E-state index in [1.54, 1.807) is 6.20 Å². The van der Waals surface area contributed by atoms with Crippen molar-refractivity contribution in [2.24, 2.45) is 11.8 Å². The van der Waals surface area contributed by atoms with Crippen molar-refractivity contribution in [3.05, 3.63) is 36.5 Å². The first-order valence-corrected chi connectivity index (χ1v) is 7.52. The summed E-state index contributed by atoms with van der Waals surface area (Å²) in [6.07, 6.45) is 4.06. The first-order valence-electron chi connectivity index (χ1n) is 7.52. The van der Waals surface area contributed by atoms with Crippen molar-refractivity contribution in [1.29, 1.82) is 0 Å². The van der Waals surface area contributed by atoms with Gasteiger partial charge in [-0.25, -0.2) is 0 Å². The number of nitrogens with zero attached hydrogens (tertiary/aromatic N) is 1. The van der Waals surface area contributed by atoms with Gasteiger partial charge in [0.15, 0.2) is 0 Å². The minimum atomic E-state index is -0.752. The number of pyridine rings is 1. The minimum Gasteiger partial charge on any atom is -0.481 e. The lowest BCUT2D eigenvalue weighted by atomic mass is 9.81. The van der Waals surface area contributed by atoms with Crippen molar-refractivity contribution in [3.8, 4) is 0 Å². The average molecular weight is 298 g/mol. The van der Waals surface area contributed by atoms with Gasteiger partial charge in [-0.15, -0.1) is 0 Å². The molecule has 1 amide bonds. The molecule has 1 aliphatic carbocycles. The van der Waals surface area contributed by atoms with Gasteiger partial charge in [0.25, 0.3) is 0 Å². The quantitative estimate of drug-likeness (QED) is 0.912. The van der Waals surface area contributed by atoms with Gasteiger partial charge in [0.1, 0.15) is 0 Å². The molecular weight excluding hydrogens is 280 g/mol. The Morgan fingerprint density at radius 1 is 1.09 bits per heavy atom. The van der Waals surface area contributed by atoms with Gasteiger partial charge in [0.2, 0.25) is 5.91 Å². The third-order valence-corrected chi connectivity index (χ3v) is 4.31. The number of carboxylic acid groups (broad SMARTS) is 1. The van der Waals surface area contributed by atoms with Crippen LogP contribution < -0.4 is 5.32 Å². The summed E-state index contributed by atoms with van der Waals surface area (Å²) in [5.74, 6) is -1.20. The third-order valence-electron chi connectivity index (χ3n) is 4.31. The first-order chi connectivity index (χ1) is 10.6. The van der Waals surface area contributed by atoms with E-state index >= 15 is 0 Å². The molecule has 5 heteroatoms. The number of aliphatic carboxylic acids is 1. The van der Waals surface area contributed by atoms with Gasteiger partial charge >= 0.3 is 5.97 Å². The molecule has 2 aromatic rings. The zero-order valence-electron chi connectivity index (χ0n) is 12.2. The number of carbonyl (C=O) groups is 2. The molecule has 0 saturated heterocycles. The first kappa shape index (κ1) is 14.5. The second-order valence-electron chi connectivity index (χ2n) is 5.79. The van der Waals surface area contributed by atoms with Gasteiger partial charge in [0, 0.05) is 11.3 Å². The van der Waals surface area contributed by atoms with Crippen LogP contribution in [0.25, 0.3) is 10.9 Å². The summed E-state index contributed by atoms with van der Waals surface area (Å²) < 4.78 is 0. The van der Waals surface area contributed by atoms with Crippen molar-refractivity contribution in [1.82, 2.24) is 4.98 Å². The highest BCUT2D eigenvalue weighted by atomic mass is 16.4. The zero-order chi connectivity index (χ0) is 15.5. The molecule has 2 N–H and O–H groups in total. The standard InChI is InChI=1S/C17H18N2O3/c20-16(11-5-7-12(8-6-11)17(21)22)19-14-9-13-3-1-2-4-15(13)18-10-14/h1-4,9-12H,5-8H2,(H,19,20)(H,21,22). The molecule has 114 valence electrons. The number of hydrogen-bond donors (Lipinski definition) is 2. The Morgan fingerprint density at radius 2 is 1.77 bits per heavy atom. The Morgan fingerprint density at radius 3 is 2.50 bits per heavy atom. The van der Waals surface area contributed by atoms with Gasteiger partial charge in [-0.3, -0.25) is 14.6 Å². The average Bonchev–Trinajstić information content (AvgIpc) is 2.55. The molecule has 1 aromatic heterocycles. The van der Waals surface area contributed by atoms with Gasteiger partial charge in [-0.05, 0) is 37.8 Å². The van der Waals surface area contributed by atoms with E-state index < -0.39 is 5.97 Å². The largest absolute Gasteiger partial charge is 0.481 e. The van der Waals surface area contributed by atoms with Gasteiger partial charge in [-0.2, -0.15) is 0 Å². The molecule has 1 aromatic carbocycles. The van der Waals surface area contributed by atoms with Crippen LogP contribution in [0, 0.1) is 11.8 Å². The van der Waals surface area contributed by atoms with Crippen LogP contribution in [0.15, 0.2) is 36.5 Å². The Hall–Kier alpha value is -2.43. The lowest BCUT2D eigenvalue weighted by molar-refractivity contribution is -0.143. The molecule has 1 aliphatic rings. The molecule has 0 unspecified atom stereocenters. The number of para-hydroxylation sites is 1. The second-order valence-corrected chi connectivity index (χ2v) is 5.79. The molecule has 0 spiro atoms. The Bertz CT molecular complexity index is 706. The van der Waals surface area contributed by atoms with Crippen molar-refractivity contribution in [3.63, 3.8) is 0 Å². The van der Waals surface area contributed by atoms with Crippen LogP contribution in [-0.2, 0) is 9.59 Å². The van der Waals surface area contributed by atoms with Crippen LogP contribution in [-0.4, -0.2) is 22.0 Å². The van der Waals surface area contributed by atoms with Gasteiger partial charge < -0.3 is 10.4 Å². The fourth-order valence-electron chi connectivity index (χ4n) is 2.99. The Labute approximate surface area is 128 Å². The van der Waals surface area contributed by atoms with Crippen LogP contribution in [0.4, 0.5) is 5.69 Å². The van der Waals surface area contributed by atoms with E-state index in [2.05, 4.69) is 10.3 Å². The minimum absolute atomic E-state index is 0.0408. The summed E-state index contributed by atoms with van der Waals surface area (Å²) in [7, 11) is 0. The van der Waals surface area contributed by atoms with E-state index in [9.17, 15) is 9.59 Å². The van der Waals surface area contributed by atoms with Crippen LogP contribution in [0.1, 0.15) is 25.7 Å². The van der Waals surface area contributed by atoms with Crippen LogP contribution in [0.3, 0.4) is 0 Å². The molecule has 5 nitrogen and oxygen atoms in total. The number of benzene rings is 1. The Balaban J connectivity index is 1.65. The normalized spacial score (nSPS) is 21.5. The number of carboxylic acids is 1. The molecule has 1 fully saturated rings. The number of aromatic nitrogens is 1. The molecule has 1 heterocycles. The van der Waals surface area contributed by atoms with E-state index in [4.69, 9.17) is 5.11 Å². The van der Waals surface area contributed by atoms with Crippen molar-refractivity contribution >= 4 is 28.5 Å². The summed E-state index contributed by atoms with van der Waals surface area (Å²) in [5.41, 5.74) is 1.58. The second kappa shape index (κ2) is 6.13. The maximum atomic E-state index is 12.3. The molecule has 1 saturated carbocycles. The molecule has 3 rings (SSSR count). The highest BCUT2D eigenvalue weighted by Gasteiger charge is 2.29. The van der Waals surface area contributed by atoms with Gasteiger partial charge in [0.05, 0.1) is 23.3 Å². The highest BCUT2D eigenvalue weighted by molar-refractivity contribution is 5.94. The Kier molecular flexibility index (Phi) is 4.04. The van der Waals surface area contributed by atoms with E-state index in [0.717, 1.165) is 10.9 Å². The van der Waals surface area contributed by atoms with Gasteiger partial charge in [-0.1, -0.05) is 18.2 Å². The lowest BCUT2D eigenvalue weighted by Gasteiger charge is -2.25. The maximum Gasteiger partial charge on any atom is 0.306 e. The SMILES string of the molecule is O=C(O)C1CCC(C(=O)Nc2cnc3ccccc3c2)CC1. The van der Waals surface area contributed by atoms with Crippen LogP contribution in [0.2, 0.25) is 0 Å². The number of anilines is 1. The fourth-order valence-corrected chi connectivity index (χ4v) is 2.99. The van der Waals surface area contributed by atoms with Crippen LogP contribution >= 0.6 is 0 Å². The molecule has 0 aliphatic heterocycles. The van der Waals surface area contributed by atoms with E-state index in [-0.39, 0.29) is 17.7 Å². The molecule has 0 radical (unpaired) electrons. The molecule has 0 bridgehead atoms. The summed E-state index contributed by atoms with van der Waals surface area (Å²) in [5, 5.41) is 12.9. The number of nitrogens with one attached hydrogen (secondary N) is 1. The summed E-state index contributed by atoms with van der Waals surface area (Å²) in [4.78, 5) is 27.6. The fraction of sp³-hybridized carbons (Fsp3) is 0.353. The van der Waals surface area contributed by atoms with E-state index in [1.165, 1.54) is 0 Å². The molecular formula is C17H18N2O3. The highest BCUT2D eigenvalue weighted by Crippen LogP contribution is 2.30. The number of hydrogen-bond acceptors (Lipinski definition) is 3. The summed E-state index contributed by atoms with van der Waals surface area (Å²) in [6, 6.07) is 9.64. The van der Waals surface area contributed by atoms with Crippen molar-refractivity contribution in [2.75, 3.05) is 5.32 Å². The maximum absolute atomic E-state index is 12.3. The van der Waals surface area contributed by atoms with Crippen molar-refractivity contribution < 1.29 is 14.7 Å². The summed E-state index contributed by atoms with van der Waals surface area (Å²) >= 11 is 0. The van der Waals surface area contributed by atoms with Crippen molar-refractivity contribution in [2.45, 2.75) is 25.7 Å². The zero-order valence-corrected chi connectivity index (χ0v) is 12.2. The van der Waals surface area contributed by atoms with E-state index in [0.29, 0.717) is 31.4 Å². The number of amides is 1. The smallest absolute Gasteiger partial charge is 0.306 e. The third kappa shape index (κ3) is 3.08. The van der Waals surface area contributed by atoms with Crippen LogP contribution in [0.5, 0.6) is 0 Å². The van der Waals surface area contributed by atoms with E-state index in [1.807, 2.05) is 30.3 Å². The number of rotatable bonds is 3. The lowest BCUT2D eigenvalue weighted by Crippen LogP contribution is -2.29. The number of carbonyl (C=O) groups excluding carboxylic acids is 1. The monoisotopic (exact) mass is 298 g/mol. The number of fused-ring (bicyclic) bond motifs is 1. The molecule has 22 heavy (non-hydrogen) atoms. The predicted molar refractivity (Wildman–Crippen MR) is 83.5 cm³/mol. The topological polar surface area (TPSA) is 79.3 Å².